The van der Waals surface area contributed by atoms with E-state index in [0.717, 1.165) is 73.8 Å². The van der Waals surface area contributed by atoms with Gasteiger partial charge >= 0.3 is 0 Å². The molecule has 0 aliphatic carbocycles. The van der Waals surface area contributed by atoms with Crippen LogP contribution in [-0.4, -0.2) is 81.8 Å². The summed E-state index contributed by atoms with van der Waals surface area (Å²) in [5.74, 6) is 0.792. The third-order valence-corrected chi connectivity index (χ3v) is 6.64. The lowest BCUT2D eigenvalue weighted by atomic mass is 10.1. The molecule has 1 fully saturated rings. The normalized spacial score (nSPS) is 19.8. The fourth-order valence-corrected chi connectivity index (χ4v) is 4.53. The van der Waals surface area contributed by atoms with Crippen molar-refractivity contribution in [2.24, 2.45) is 4.99 Å². The summed E-state index contributed by atoms with van der Waals surface area (Å²) < 4.78 is 14.5. The summed E-state index contributed by atoms with van der Waals surface area (Å²) in [6.07, 6.45) is 11.2. The molecule has 0 saturated carbocycles. The van der Waals surface area contributed by atoms with Gasteiger partial charge in [0.25, 0.3) is 5.56 Å². The first-order valence-corrected chi connectivity index (χ1v) is 13.4. The monoisotopic (exact) mass is 530 g/mol. The minimum absolute atomic E-state index is 0.00439. The molecule has 10 nitrogen and oxygen atoms in total. The van der Waals surface area contributed by atoms with Crippen LogP contribution in [0.5, 0.6) is 0 Å². The van der Waals surface area contributed by atoms with E-state index in [2.05, 4.69) is 27.2 Å². The highest BCUT2D eigenvalue weighted by atomic mass is 16.5. The molecule has 0 spiro atoms. The van der Waals surface area contributed by atoms with Crippen LogP contribution >= 0.6 is 0 Å². The molecule has 2 aliphatic rings. The zero-order valence-electron chi connectivity index (χ0n) is 22.0. The Morgan fingerprint density at radius 1 is 1.03 bits per heavy atom. The van der Waals surface area contributed by atoms with E-state index in [-0.39, 0.29) is 12.2 Å². The SMILES string of the molecule is O=c1ccc(-c2cnn(CCO)c2)nn1Cc1cccc(C2=C/CC\C=C(OCCN3CCOCC3)/C=N/2)c1. The van der Waals surface area contributed by atoms with E-state index in [1.807, 2.05) is 30.5 Å². The first kappa shape index (κ1) is 26.7. The standard InChI is InChI=1S/C29H34N6O4/c36-14-10-34-22-25(19-31-34)28-8-9-29(37)35(32-28)21-23-4-3-5-24(18-23)27-7-2-1-6-26(20-30-27)39-17-13-33-11-15-38-16-12-33/h3-9,18-20,22,36H,1-2,10-17,21H2/b26-6+,27-7+,30-20+. The maximum Gasteiger partial charge on any atom is 0.267 e. The van der Waals surface area contributed by atoms with Crippen LogP contribution in [0.3, 0.4) is 0 Å². The predicted molar refractivity (Wildman–Crippen MR) is 149 cm³/mol. The van der Waals surface area contributed by atoms with Gasteiger partial charge in [-0.2, -0.15) is 10.2 Å². The van der Waals surface area contributed by atoms with E-state index in [4.69, 9.17) is 19.6 Å². The van der Waals surface area contributed by atoms with Gasteiger partial charge < -0.3 is 14.6 Å². The van der Waals surface area contributed by atoms with E-state index in [9.17, 15) is 4.79 Å². The highest BCUT2D eigenvalue weighted by Gasteiger charge is 2.11. The number of morpholine rings is 1. The molecule has 0 atom stereocenters. The van der Waals surface area contributed by atoms with Gasteiger partial charge in [0, 0.05) is 43.0 Å². The molecule has 0 amide bonds. The van der Waals surface area contributed by atoms with Gasteiger partial charge in [0.15, 0.2) is 0 Å². The molecule has 0 radical (unpaired) electrons. The van der Waals surface area contributed by atoms with Gasteiger partial charge in [-0.3, -0.25) is 19.4 Å². The molecule has 2 aromatic heterocycles. The lowest BCUT2D eigenvalue weighted by Crippen LogP contribution is -2.38. The zero-order chi connectivity index (χ0) is 26.9. The Labute approximate surface area is 227 Å². The van der Waals surface area contributed by atoms with Crippen molar-refractivity contribution < 1.29 is 14.6 Å². The largest absolute Gasteiger partial charge is 0.491 e. The summed E-state index contributed by atoms with van der Waals surface area (Å²) in [5.41, 5.74) is 4.06. The van der Waals surface area contributed by atoms with Crippen LogP contribution in [0, 0.1) is 0 Å². The molecule has 39 heavy (non-hydrogen) atoms. The quantitative estimate of drug-likeness (QED) is 0.429. The average molecular weight is 531 g/mol. The average Bonchev–Trinajstić information content (AvgIpc) is 3.41. The minimum Gasteiger partial charge on any atom is -0.491 e. The number of nitrogens with zero attached hydrogens (tertiary/aromatic N) is 6. The van der Waals surface area contributed by atoms with Gasteiger partial charge in [0.2, 0.25) is 0 Å². The first-order valence-electron chi connectivity index (χ1n) is 13.4. The van der Waals surface area contributed by atoms with Crippen LogP contribution in [-0.2, 0) is 22.6 Å². The molecule has 3 aromatic rings. The number of ether oxygens (including phenoxy) is 2. The second kappa shape index (κ2) is 13.3. The number of aliphatic hydroxyl groups excluding tert-OH is 1. The molecule has 0 unspecified atom stereocenters. The predicted octanol–water partition coefficient (Wildman–Crippen LogP) is 2.59. The molecule has 10 heteroatoms. The summed E-state index contributed by atoms with van der Waals surface area (Å²) in [4.78, 5) is 19.7. The summed E-state index contributed by atoms with van der Waals surface area (Å²) in [5, 5.41) is 17.9. The van der Waals surface area contributed by atoms with Gasteiger partial charge in [0.1, 0.15) is 12.4 Å². The van der Waals surface area contributed by atoms with Crippen LogP contribution < -0.4 is 5.56 Å². The van der Waals surface area contributed by atoms with Crippen molar-refractivity contribution in [3.8, 4) is 11.3 Å². The van der Waals surface area contributed by atoms with Crippen molar-refractivity contribution in [3.63, 3.8) is 0 Å². The number of aromatic nitrogens is 4. The minimum atomic E-state index is -0.181. The highest BCUT2D eigenvalue weighted by molar-refractivity contribution is 5.83. The summed E-state index contributed by atoms with van der Waals surface area (Å²) in [6.45, 7) is 5.69. The Balaban J connectivity index is 1.25. The van der Waals surface area contributed by atoms with Crippen LogP contribution in [0.15, 0.2) is 76.5 Å². The van der Waals surface area contributed by atoms with Crippen molar-refractivity contribution in [1.29, 1.82) is 0 Å². The summed E-state index contributed by atoms with van der Waals surface area (Å²) in [7, 11) is 0. The first-order chi connectivity index (χ1) is 19.2. The zero-order valence-corrected chi connectivity index (χ0v) is 22.0. The van der Waals surface area contributed by atoms with E-state index in [0.29, 0.717) is 25.4 Å². The van der Waals surface area contributed by atoms with Crippen molar-refractivity contribution >= 4 is 11.9 Å². The fraction of sp³-hybridized carbons (Fsp3) is 0.379. The molecule has 0 bridgehead atoms. The Bertz CT molecular complexity index is 1400. The molecule has 4 heterocycles. The van der Waals surface area contributed by atoms with E-state index in [1.165, 1.54) is 10.7 Å². The van der Waals surface area contributed by atoms with Crippen molar-refractivity contribution in [3.05, 3.63) is 88.2 Å². The fourth-order valence-electron chi connectivity index (χ4n) is 4.53. The van der Waals surface area contributed by atoms with Crippen LogP contribution in [0.25, 0.3) is 17.0 Å². The molecule has 1 N–H and O–H groups in total. The van der Waals surface area contributed by atoms with Crippen molar-refractivity contribution in [2.45, 2.75) is 25.9 Å². The number of benzene rings is 1. The lowest BCUT2D eigenvalue weighted by Gasteiger charge is -2.26. The van der Waals surface area contributed by atoms with E-state index < -0.39 is 0 Å². The Morgan fingerprint density at radius 3 is 2.77 bits per heavy atom. The van der Waals surface area contributed by atoms with Crippen molar-refractivity contribution in [2.75, 3.05) is 46.1 Å². The van der Waals surface area contributed by atoms with Gasteiger partial charge in [-0.1, -0.05) is 24.3 Å². The number of aliphatic hydroxyl groups is 1. The number of aliphatic imine (C=N–C) groups is 1. The van der Waals surface area contributed by atoms with Gasteiger partial charge in [-0.05, 0) is 36.6 Å². The molecular weight excluding hydrogens is 496 g/mol. The molecule has 1 saturated heterocycles. The Morgan fingerprint density at radius 2 is 1.90 bits per heavy atom. The number of hydrogen-bond donors (Lipinski definition) is 1. The van der Waals surface area contributed by atoms with E-state index in [1.54, 1.807) is 23.2 Å². The lowest BCUT2D eigenvalue weighted by molar-refractivity contribution is 0.0285. The molecule has 2 aliphatic heterocycles. The topological polar surface area (TPSA) is 107 Å². The van der Waals surface area contributed by atoms with Gasteiger partial charge in [0.05, 0.1) is 56.7 Å². The van der Waals surface area contributed by atoms with Crippen LogP contribution in [0.4, 0.5) is 0 Å². The summed E-state index contributed by atoms with van der Waals surface area (Å²) >= 11 is 0. The second-order valence-corrected chi connectivity index (χ2v) is 9.46. The molecule has 5 rings (SSSR count). The van der Waals surface area contributed by atoms with Crippen LogP contribution in [0.1, 0.15) is 24.0 Å². The van der Waals surface area contributed by atoms with Gasteiger partial charge in [-0.15, -0.1) is 0 Å². The number of hydrogen-bond acceptors (Lipinski definition) is 8. The Hall–Kier alpha value is -3.86. The van der Waals surface area contributed by atoms with E-state index >= 15 is 0 Å². The van der Waals surface area contributed by atoms with Gasteiger partial charge in [-0.25, -0.2) is 4.68 Å². The van der Waals surface area contributed by atoms with Crippen LogP contribution in [0.2, 0.25) is 0 Å². The summed E-state index contributed by atoms with van der Waals surface area (Å²) in [6, 6.07) is 11.2. The van der Waals surface area contributed by atoms with Crippen molar-refractivity contribution in [1.82, 2.24) is 24.5 Å². The highest BCUT2D eigenvalue weighted by Crippen LogP contribution is 2.21. The Kier molecular flexibility index (Phi) is 9.10. The number of rotatable bonds is 10. The maximum absolute atomic E-state index is 12.6. The maximum atomic E-state index is 12.6. The molecule has 204 valence electrons. The number of allylic oxidation sites excluding steroid dienone is 3. The third kappa shape index (κ3) is 7.38. The smallest absolute Gasteiger partial charge is 0.267 e. The molecular formula is C29H34N6O4. The second-order valence-electron chi connectivity index (χ2n) is 9.46. The molecule has 1 aromatic carbocycles. The third-order valence-electron chi connectivity index (χ3n) is 6.64.